The van der Waals surface area contributed by atoms with Gasteiger partial charge in [0.25, 0.3) is 10.0 Å². The molecule has 0 radical (unpaired) electrons. The summed E-state index contributed by atoms with van der Waals surface area (Å²) in [6, 6.07) is 0. The van der Waals surface area contributed by atoms with Crippen LogP contribution in [0.5, 0.6) is 0 Å². The van der Waals surface area contributed by atoms with Gasteiger partial charge in [0.1, 0.15) is 0 Å². The number of hydrogen-bond acceptors (Lipinski definition) is 4. The van der Waals surface area contributed by atoms with Crippen molar-refractivity contribution in [3.63, 3.8) is 0 Å². The minimum absolute atomic E-state index is 0.0587. The van der Waals surface area contributed by atoms with Crippen LogP contribution in [0.3, 0.4) is 0 Å². The molecule has 6 nitrogen and oxygen atoms in total. The second-order valence-electron chi connectivity index (χ2n) is 5.03. The van der Waals surface area contributed by atoms with Crippen LogP contribution in [0, 0.1) is 0 Å². The van der Waals surface area contributed by atoms with Crippen molar-refractivity contribution < 1.29 is 8.42 Å². The second kappa shape index (κ2) is 4.99. The van der Waals surface area contributed by atoms with Gasteiger partial charge in [-0.2, -0.15) is 0 Å². The molecule has 1 aromatic rings. The van der Waals surface area contributed by atoms with Gasteiger partial charge < -0.3 is 10.3 Å². The van der Waals surface area contributed by atoms with E-state index in [1.54, 1.807) is 11.6 Å². The van der Waals surface area contributed by atoms with E-state index >= 15 is 0 Å². The lowest BCUT2D eigenvalue weighted by molar-refractivity contribution is 0.276. The summed E-state index contributed by atoms with van der Waals surface area (Å²) in [5.41, 5.74) is 5.28. The predicted molar refractivity (Wildman–Crippen MR) is 68.4 cm³/mol. The molecule has 7 heteroatoms. The van der Waals surface area contributed by atoms with Gasteiger partial charge in [-0.05, 0) is 12.8 Å². The third-order valence-electron chi connectivity index (χ3n) is 3.51. The Balaban J connectivity index is 2.21. The molecule has 1 saturated carbocycles. The van der Waals surface area contributed by atoms with Crippen LogP contribution in [0.25, 0.3) is 0 Å². The van der Waals surface area contributed by atoms with E-state index in [9.17, 15) is 8.42 Å². The summed E-state index contributed by atoms with van der Waals surface area (Å²) in [5, 5.41) is 0.0587. The third-order valence-corrected chi connectivity index (χ3v) is 4.97. The smallest absolute Gasteiger partial charge is 0.260 e. The van der Waals surface area contributed by atoms with E-state index in [-0.39, 0.29) is 5.03 Å². The molecule has 1 aliphatic rings. The van der Waals surface area contributed by atoms with Gasteiger partial charge in [0.05, 0.1) is 6.33 Å². The van der Waals surface area contributed by atoms with Crippen LogP contribution in [0.2, 0.25) is 0 Å². The number of hydrogen-bond donors (Lipinski definition) is 2. The molecule has 0 bridgehead atoms. The van der Waals surface area contributed by atoms with Crippen molar-refractivity contribution >= 4 is 10.0 Å². The lowest BCUT2D eigenvalue weighted by Gasteiger charge is -2.36. The molecule has 0 unspecified atom stereocenters. The van der Waals surface area contributed by atoms with Gasteiger partial charge in [0, 0.05) is 25.3 Å². The number of imidazole rings is 1. The standard InChI is InChI=1S/C11H20N4O2S/c1-15-7-10(13-9-15)18(16,17)14-11(8-12)5-3-2-4-6-11/h7,9,14H,2-6,8,12H2,1H3. The molecular weight excluding hydrogens is 252 g/mol. The molecule has 0 amide bonds. The van der Waals surface area contributed by atoms with Crippen LogP contribution >= 0.6 is 0 Å². The van der Waals surface area contributed by atoms with E-state index in [1.807, 2.05) is 0 Å². The summed E-state index contributed by atoms with van der Waals surface area (Å²) >= 11 is 0. The fourth-order valence-electron chi connectivity index (χ4n) is 2.44. The lowest BCUT2D eigenvalue weighted by Crippen LogP contribution is -2.54. The van der Waals surface area contributed by atoms with Gasteiger partial charge in [-0.3, -0.25) is 0 Å². The Bertz CT molecular complexity index is 503. The number of nitrogens with zero attached hydrogens (tertiary/aromatic N) is 2. The fraction of sp³-hybridized carbons (Fsp3) is 0.727. The molecule has 1 heterocycles. The first kappa shape index (κ1) is 13.5. The number of sulfonamides is 1. The molecular formula is C11H20N4O2S. The van der Waals surface area contributed by atoms with Gasteiger partial charge in [-0.1, -0.05) is 19.3 Å². The van der Waals surface area contributed by atoms with Crippen molar-refractivity contribution in [1.29, 1.82) is 0 Å². The fourth-order valence-corrected chi connectivity index (χ4v) is 3.89. The third kappa shape index (κ3) is 2.73. The predicted octanol–water partition coefficient (Wildman–Crippen LogP) is 0.360. The highest BCUT2D eigenvalue weighted by Crippen LogP contribution is 2.28. The van der Waals surface area contributed by atoms with Crippen molar-refractivity contribution in [1.82, 2.24) is 14.3 Å². The Kier molecular flexibility index (Phi) is 3.74. The number of aromatic nitrogens is 2. The topological polar surface area (TPSA) is 90.0 Å². The highest BCUT2D eigenvalue weighted by Gasteiger charge is 2.35. The van der Waals surface area contributed by atoms with Crippen molar-refractivity contribution in [3.05, 3.63) is 12.5 Å². The Morgan fingerprint density at radius 1 is 1.44 bits per heavy atom. The van der Waals surface area contributed by atoms with E-state index in [0.29, 0.717) is 6.54 Å². The first-order valence-electron chi connectivity index (χ1n) is 6.19. The summed E-state index contributed by atoms with van der Waals surface area (Å²) in [5.74, 6) is 0. The maximum absolute atomic E-state index is 12.2. The largest absolute Gasteiger partial charge is 0.339 e. The molecule has 0 saturated heterocycles. The molecule has 102 valence electrons. The Morgan fingerprint density at radius 2 is 2.11 bits per heavy atom. The van der Waals surface area contributed by atoms with E-state index in [2.05, 4.69) is 9.71 Å². The molecule has 0 atom stereocenters. The van der Waals surface area contributed by atoms with Gasteiger partial charge in [-0.25, -0.2) is 18.1 Å². The van der Waals surface area contributed by atoms with Crippen LogP contribution in [0.15, 0.2) is 17.6 Å². The Labute approximate surface area is 108 Å². The van der Waals surface area contributed by atoms with Gasteiger partial charge in [0.15, 0.2) is 5.03 Å². The molecule has 0 aromatic carbocycles. The molecule has 18 heavy (non-hydrogen) atoms. The van der Waals surface area contributed by atoms with Gasteiger partial charge >= 0.3 is 0 Å². The van der Waals surface area contributed by atoms with E-state index in [4.69, 9.17) is 5.73 Å². The molecule has 0 aliphatic heterocycles. The normalized spacial score (nSPS) is 19.9. The minimum atomic E-state index is -3.57. The quantitative estimate of drug-likeness (QED) is 0.828. The van der Waals surface area contributed by atoms with Gasteiger partial charge in [-0.15, -0.1) is 0 Å². The van der Waals surface area contributed by atoms with Crippen molar-refractivity contribution in [3.8, 4) is 0 Å². The first-order chi connectivity index (χ1) is 8.47. The van der Waals surface area contributed by atoms with Gasteiger partial charge in [0.2, 0.25) is 0 Å². The lowest BCUT2D eigenvalue weighted by atomic mass is 9.83. The van der Waals surface area contributed by atoms with Crippen molar-refractivity contribution in [2.75, 3.05) is 6.54 Å². The van der Waals surface area contributed by atoms with Crippen molar-refractivity contribution in [2.45, 2.75) is 42.7 Å². The zero-order valence-electron chi connectivity index (χ0n) is 10.6. The van der Waals surface area contributed by atoms with Crippen LogP contribution in [-0.2, 0) is 17.1 Å². The average molecular weight is 272 g/mol. The molecule has 3 N–H and O–H groups in total. The number of nitrogens with two attached hydrogens (primary N) is 1. The number of aryl methyl sites for hydroxylation is 1. The highest BCUT2D eigenvalue weighted by atomic mass is 32.2. The number of nitrogens with one attached hydrogen (secondary N) is 1. The summed E-state index contributed by atoms with van der Waals surface area (Å²) < 4.78 is 28.8. The molecule has 2 rings (SSSR count). The molecule has 1 aliphatic carbocycles. The highest BCUT2D eigenvalue weighted by molar-refractivity contribution is 7.89. The Hall–Kier alpha value is -0.920. The zero-order valence-corrected chi connectivity index (χ0v) is 11.4. The van der Waals surface area contributed by atoms with E-state index in [0.717, 1.165) is 32.1 Å². The Morgan fingerprint density at radius 3 is 2.61 bits per heavy atom. The number of rotatable bonds is 4. The second-order valence-corrected chi connectivity index (χ2v) is 6.66. The van der Waals surface area contributed by atoms with Crippen LogP contribution in [0.1, 0.15) is 32.1 Å². The maximum atomic E-state index is 12.2. The minimum Gasteiger partial charge on any atom is -0.339 e. The zero-order chi connectivity index (χ0) is 13.2. The summed E-state index contributed by atoms with van der Waals surface area (Å²) in [7, 11) is -1.83. The summed E-state index contributed by atoms with van der Waals surface area (Å²) in [4.78, 5) is 3.89. The molecule has 1 fully saturated rings. The average Bonchev–Trinajstić information content (AvgIpc) is 2.77. The van der Waals surface area contributed by atoms with Crippen LogP contribution in [0.4, 0.5) is 0 Å². The van der Waals surface area contributed by atoms with Crippen LogP contribution < -0.4 is 10.5 Å². The van der Waals surface area contributed by atoms with Crippen LogP contribution in [-0.4, -0.2) is 30.1 Å². The summed E-state index contributed by atoms with van der Waals surface area (Å²) in [6.07, 6.45) is 7.75. The van der Waals surface area contributed by atoms with Crippen molar-refractivity contribution in [2.24, 2.45) is 12.8 Å². The van der Waals surface area contributed by atoms with E-state index in [1.165, 1.54) is 12.5 Å². The SMILES string of the molecule is Cn1cnc(S(=O)(=O)NC2(CN)CCCCC2)c1. The maximum Gasteiger partial charge on any atom is 0.260 e. The monoisotopic (exact) mass is 272 g/mol. The first-order valence-corrected chi connectivity index (χ1v) is 7.68. The summed E-state index contributed by atoms with van der Waals surface area (Å²) in [6.45, 7) is 0.332. The molecule has 1 aromatic heterocycles. The van der Waals surface area contributed by atoms with E-state index < -0.39 is 15.6 Å². The molecule has 0 spiro atoms.